The van der Waals surface area contributed by atoms with Gasteiger partial charge in [-0.15, -0.1) is 0 Å². The fourth-order valence-corrected chi connectivity index (χ4v) is 9.01. The van der Waals surface area contributed by atoms with Gasteiger partial charge in [-0.2, -0.15) is 0 Å². The first-order valence-corrected chi connectivity index (χ1v) is 19.7. The molecular formula is C39H73NO13. The SMILES string of the molecule is CC[C@H]1OC(=O)[C@H](C)[C@@H](O[C@@H]2C[C@@](C)(OC)[C@@H](O)[C@H](C)O2)[C@H](C)[C@@H](O[C@@H]2O[C@H](C)C[C@H](N(C)C[C@@H](C)O)[C@H]2O)[C@](C)(O)C[C@@H](C)[C@H](O)[C@H](C)[C@@H](O)[C@H]1C. The van der Waals surface area contributed by atoms with E-state index in [0.29, 0.717) is 19.4 Å². The fraction of sp³-hybridized carbons (Fsp3) is 0.974. The normalized spacial score (nSPS) is 48.9. The molecule has 3 fully saturated rings. The summed E-state index contributed by atoms with van der Waals surface area (Å²) in [5, 5.41) is 68.2. The molecule has 0 amide bonds. The van der Waals surface area contributed by atoms with Crippen LogP contribution in [-0.2, 0) is 33.2 Å². The van der Waals surface area contributed by atoms with Crippen molar-refractivity contribution in [2.24, 2.45) is 29.6 Å². The number of likely N-dealkylation sites (N-methyl/N-ethyl adjacent to an activating group) is 1. The molecule has 14 nitrogen and oxygen atoms in total. The van der Waals surface area contributed by atoms with Crippen molar-refractivity contribution >= 4 is 5.97 Å². The van der Waals surface area contributed by atoms with Gasteiger partial charge in [0.25, 0.3) is 0 Å². The molecule has 0 radical (unpaired) electrons. The first-order chi connectivity index (χ1) is 24.5. The second kappa shape index (κ2) is 19.0. The molecule has 0 aromatic carbocycles. The van der Waals surface area contributed by atoms with Crippen LogP contribution >= 0.6 is 0 Å². The van der Waals surface area contributed by atoms with E-state index in [-0.39, 0.29) is 18.9 Å². The monoisotopic (exact) mass is 764 g/mol. The van der Waals surface area contributed by atoms with Gasteiger partial charge in [-0.1, -0.05) is 34.6 Å². The molecule has 0 spiro atoms. The van der Waals surface area contributed by atoms with Gasteiger partial charge in [0.1, 0.15) is 18.3 Å². The van der Waals surface area contributed by atoms with Crippen molar-refractivity contribution in [2.75, 3.05) is 20.7 Å². The van der Waals surface area contributed by atoms with Gasteiger partial charge in [-0.3, -0.25) is 9.69 Å². The van der Waals surface area contributed by atoms with Crippen LogP contribution in [0.15, 0.2) is 0 Å². The van der Waals surface area contributed by atoms with Crippen molar-refractivity contribution in [1.29, 1.82) is 0 Å². The fourth-order valence-electron chi connectivity index (χ4n) is 9.01. The lowest BCUT2D eigenvalue weighted by molar-refractivity contribution is -0.318. The zero-order chi connectivity index (χ0) is 40.3. The molecular weight excluding hydrogens is 690 g/mol. The van der Waals surface area contributed by atoms with Crippen LogP contribution in [0.4, 0.5) is 0 Å². The van der Waals surface area contributed by atoms with Crippen molar-refractivity contribution in [1.82, 2.24) is 4.90 Å². The number of nitrogens with zero attached hydrogens (tertiary/aromatic N) is 1. The topological polar surface area (TPSA) is 197 Å². The van der Waals surface area contributed by atoms with Crippen molar-refractivity contribution in [3.8, 4) is 0 Å². The lowest BCUT2D eigenvalue weighted by Gasteiger charge is -2.49. The first kappa shape index (κ1) is 46.4. The van der Waals surface area contributed by atoms with Crippen LogP contribution in [-0.4, -0.2) is 153 Å². The van der Waals surface area contributed by atoms with E-state index in [1.807, 2.05) is 25.8 Å². The standard InChI is InChI=1S/C39H73NO13/c1-14-28-22(5)31(43)23(6)30(42)19(2)16-38(10,47)35(53-37-32(44)27(15-21(4)49-37)40(12)18-20(3)41)24(7)33(25(8)36(46)51-28)52-29-17-39(11,48-13)34(45)26(9)50-29/h19-35,37,41-45,47H,14-18H2,1-13H3/t19-,20-,21-,22+,23+,24+,25-,26+,27+,28-,29-,30+,31+,32-,33+,34+,35-,37+,38-,39-/m1/s1. The number of rotatable bonds is 9. The predicted octanol–water partition coefficient (Wildman–Crippen LogP) is 2.21. The van der Waals surface area contributed by atoms with Crippen LogP contribution < -0.4 is 0 Å². The maximum Gasteiger partial charge on any atom is 0.311 e. The van der Waals surface area contributed by atoms with E-state index in [1.54, 1.807) is 62.3 Å². The summed E-state index contributed by atoms with van der Waals surface area (Å²) in [6, 6.07) is -0.440. The van der Waals surface area contributed by atoms with Crippen molar-refractivity contribution in [3.63, 3.8) is 0 Å². The highest BCUT2D eigenvalue weighted by molar-refractivity contribution is 5.73. The third-order valence-corrected chi connectivity index (χ3v) is 12.5. The summed E-state index contributed by atoms with van der Waals surface area (Å²) in [5.74, 6) is -4.00. The molecule has 3 saturated heterocycles. The third kappa shape index (κ3) is 10.9. The van der Waals surface area contributed by atoms with Gasteiger partial charge in [0.05, 0.1) is 59.8 Å². The minimum atomic E-state index is -1.71. The van der Waals surface area contributed by atoms with E-state index in [9.17, 15) is 35.4 Å². The molecule has 6 N–H and O–H groups in total. The maximum absolute atomic E-state index is 14.1. The number of carbonyl (C=O) groups is 1. The summed E-state index contributed by atoms with van der Waals surface area (Å²) in [6.07, 6.45) is -9.82. The minimum absolute atomic E-state index is 0.0198. The molecule has 312 valence electrons. The molecule has 0 aromatic rings. The van der Waals surface area contributed by atoms with Gasteiger partial charge in [0, 0.05) is 43.9 Å². The van der Waals surface area contributed by atoms with E-state index in [0.717, 1.165) is 0 Å². The number of cyclic esters (lactones) is 1. The molecule has 14 heteroatoms. The molecule has 0 unspecified atom stereocenters. The van der Waals surface area contributed by atoms with Gasteiger partial charge in [0.2, 0.25) is 0 Å². The van der Waals surface area contributed by atoms with E-state index in [4.69, 9.17) is 28.4 Å². The number of aliphatic hydroxyl groups excluding tert-OH is 5. The van der Waals surface area contributed by atoms with Crippen molar-refractivity contribution < 1.29 is 63.9 Å². The zero-order valence-corrected chi connectivity index (χ0v) is 34.4. The Morgan fingerprint density at radius 2 is 1.53 bits per heavy atom. The highest BCUT2D eigenvalue weighted by Crippen LogP contribution is 2.41. The third-order valence-electron chi connectivity index (χ3n) is 12.5. The number of esters is 1. The lowest BCUT2D eigenvalue weighted by Crippen LogP contribution is -2.61. The van der Waals surface area contributed by atoms with Gasteiger partial charge in [-0.05, 0) is 73.8 Å². The molecule has 0 aromatic heterocycles. The Labute approximate surface area is 317 Å². The Kier molecular flexibility index (Phi) is 16.6. The predicted molar refractivity (Wildman–Crippen MR) is 196 cm³/mol. The Bertz CT molecular complexity index is 1140. The maximum atomic E-state index is 14.1. The average molecular weight is 764 g/mol. The molecule has 3 heterocycles. The van der Waals surface area contributed by atoms with Crippen LogP contribution in [0.3, 0.4) is 0 Å². The van der Waals surface area contributed by atoms with E-state index >= 15 is 0 Å². The van der Waals surface area contributed by atoms with E-state index in [1.165, 1.54) is 7.11 Å². The van der Waals surface area contributed by atoms with Gasteiger partial charge < -0.3 is 59.1 Å². The Balaban J connectivity index is 2.15. The molecule has 0 aliphatic carbocycles. The second-order valence-corrected chi connectivity index (χ2v) is 17.3. The van der Waals surface area contributed by atoms with Crippen molar-refractivity contribution in [3.05, 3.63) is 0 Å². The van der Waals surface area contributed by atoms with E-state index < -0.39 is 120 Å². The molecule has 3 aliphatic heterocycles. The summed E-state index contributed by atoms with van der Waals surface area (Å²) in [6.45, 7) is 19.6. The largest absolute Gasteiger partial charge is 0.462 e. The zero-order valence-electron chi connectivity index (χ0n) is 34.4. The van der Waals surface area contributed by atoms with Crippen LogP contribution in [0.2, 0.25) is 0 Å². The smallest absolute Gasteiger partial charge is 0.311 e. The van der Waals surface area contributed by atoms with Crippen LogP contribution in [0.25, 0.3) is 0 Å². The number of hydrogen-bond acceptors (Lipinski definition) is 14. The summed E-state index contributed by atoms with van der Waals surface area (Å²) in [7, 11) is 3.31. The summed E-state index contributed by atoms with van der Waals surface area (Å²) >= 11 is 0. The number of hydrogen-bond donors (Lipinski definition) is 6. The molecule has 0 bridgehead atoms. The number of carbonyl (C=O) groups excluding carboxylic acids is 1. The highest BCUT2D eigenvalue weighted by atomic mass is 16.7. The lowest BCUT2D eigenvalue weighted by atomic mass is 9.74. The molecule has 53 heavy (non-hydrogen) atoms. The van der Waals surface area contributed by atoms with Gasteiger partial charge in [-0.25, -0.2) is 0 Å². The quantitative estimate of drug-likeness (QED) is 0.187. The average Bonchev–Trinajstić information content (AvgIpc) is 3.08. The van der Waals surface area contributed by atoms with Crippen LogP contribution in [0.5, 0.6) is 0 Å². The molecule has 0 saturated carbocycles. The molecule has 20 atom stereocenters. The van der Waals surface area contributed by atoms with Gasteiger partial charge in [0.15, 0.2) is 12.6 Å². The Morgan fingerprint density at radius 1 is 0.906 bits per heavy atom. The van der Waals surface area contributed by atoms with Crippen LogP contribution in [0, 0.1) is 29.6 Å². The molecule has 3 rings (SSSR count). The Hall–Kier alpha value is -1.01. The summed E-state index contributed by atoms with van der Waals surface area (Å²) < 4.78 is 37.6. The number of methoxy groups -OCH3 is 1. The highest BCUT2D eigenvalue weighted by Gasteiger charge is 2.52. The summed E-state index contributed by atoms with van der Waals surface area (Å²) in [4.78, 5) is 16.0. The van der Waals surface area contributed by atoms with Crippen molar-refractivity contribution in [2.45, 2.75) is 193 Å². The minimum Gasteiger partial charge on any atom is -0.462 e. The Morgan fingerprint density at radius 3 is 2.09 bits per heavy atom. The number of ether oxygens (including phenoxy) is 6. The van der Waals surface area contributed by atoms with E-state index in [2.05, 4.69) is 0 Å². The molecule has 3 aliphatic rings. The van der Waals surface area contributed by atoms with Crippen LogP contribution in [0.1, 0.15) is 102 Å². The van der Waals surface area contributed by atoms with Gasteiger partial charge >= 0.3 is 5.97 Å². The number of aliphatic hydroxyl groups is 6. The first-order valence-electron chi connectivity index (χ1n) is 19.7. The summed E-state index contributed by atoms with van der Waals surface area (Å²) in [5.41, 5.74) is -2.73. The second-order valence-electron chi connectivity index (χ2n) is 17.3.